The molecular weight excluding hydrogens is 407 g/mol. The maximum absolute atomic E-state index is 14.1. The number of para-hydroxylation sites is 1. The summed E-state index contributed by atoms with van der Waals surface area (Å²) in [4.78, 5) is 8.79. The summed E-state index contributed by atoms with van der Waals surface area (Å²) in [5, 5.41) is 3.48. The van der Waals surface area contributed by atoms with E-state index in [4.69, 9.17) is 9.47 Å². The predicted molar refractivity (Wildman–Crippen MR) is 125 cm³/mol. The van der Waals surface area contributed by atoms with Gasteiger partial charge in [-0.1, -0.05) is 36.4 Å². The molecule has 2 aromatic carbocycles. The van der Waals surface area contributed by atoms with Crippen LogP contribution >= 0.6 is 0 Å². The van der Waals surface area contributed by atoms with Crippen molar-refractivity contribution >= 4 is 11.6 Å². The fourth-order valence-electron chi connectivity index (χ4n) is 4.27. The molecule has 2 aliphatic rings. The molecule has 7 heteroatoms. The van der Waals surface area contributed by atoms with Gasteiger partial charge in [-0.05, 0) is 36.1 Å². The first-order valence-electron chi connectivity index (χ1n) is 11.4. The molecule has 0 amide bonds. The molecule has 1 N–H and O–H groups in total. The van der Waals surface area contributed by atoms with E-state index in [1.807, 2.05) is 19.2 Å². The van der Waals surface area contributed by atoms with E-state index < -0.39 is 0 Å². The normalized spacial score (nSPS) is 18.1. The molecule has 0 aromatic heterocycles. The van der Waals surface area contributed by atoms with Crippen LogP contribution < -0.4 is 10.2 Å². The van der Waals surface area contributed by atoms with Gasteiger partial charge in [-0.2, -0.15) is 0 Å². The minimum Gasteiger partial charge on any atom is -0.381 e. The van der Waals surface area contributed by atoms with Gasteiger partial charge >= 0.3 is 0 Å². The third kappa shape index (κ3) is 5.99. The van der Waals surface area contributed by atoms with Crippen LogP contribution in [0.3, 0.4) is 0 Å². The highest BCUT2D eigenvalue weighted by Crippen LogP contribution is 2.20. The van der Waals surface area contributed by atoms with Crippen molar-refractivity contribution in [3.8, 4) is 0 Å². The van der Waals surface area contributed by atoms with Gasteiger partial charge in [-0.25, -0.2) is 4.39 Å². The van der Waals surface area contributed by atoms with Crippen LogP contribution in [0.5, 0.6) is 0 Å². The molecule has 2 fully saturated rings. The number of benzene rings is 2. The highest BCUT2D eigenvalue weighted by atomic mass is 19.1. The molecule has 2 heterocycles. The highest BCUT2D eigenvalue weighted by Gasteiger charge is 2.21. The Morgan fingerprint density at radius 1 is 1.06 bits per heavy atom. The van der Waals surface area contributed by atoms with Crippen molar-refractivity contribution in [2.75, 3.05) is 51.3 Å². The van der Waals surface area contributed by atoms with E-state index in [0.29, 0.717) is 24.9 Å². The largest absolute Gasteiger partial charge is 0.381 e. The average molecular weight is 441 g/mol. The molecule has 172 valence electrons. The smallest absolute Gasteiger partial charge is 0.194 e. The summed E-state index contributed by atoms with van der Waals surface area (Å²) in [6.07, 6.45) is 2.25. The zero-order chi connectivity index (χ0) is 22.2. The number of hydrogen-bond acceptors (Lipinski definition) is 4. The number of rotatable bonds is 6. The molecule has 0 atom stereocenters. The molecule has 6 nitrogen and oxygen atoms in total. The topological polar surface area (TPSA) is 49.3 Å². The number of nitrogens with zero attached hydrogens (tertiary/aromatic N) is 3. The van der Waals surface area contributed by atoms with E-state index in [-0.39, 0.29) is 5.82 Å². The summed E-state index contributed by atoms with van der Waals surface area (Å²) in [7, 11) is 1.81. The van der Waals surface area contributed by atoms with Crippen molar-refractivity contribution in [3.63, 3.8) is 0 Å². The van der Waals surface area contributed by atoms with Crippen LogP contribution in [0.2, 0.25) is 0 Å². The maximum Gasteiger partial charge on any atom is 0.194 e. The summed E-state index contributed by atoms with van der Waals surface area (Å²) < 4.78 is 25.5. The van der Waals surface area contributed by atoms with E-state index in [1.165, 1.54) is 17.2 Å². The summed E-state index contributed by atoms with van der Waals surface area (Å²) >= 11 is 0. The van der Waals surface area contributed by atoms with Gasteiger partial charge in [0.05, 0.1) is 18.4 Å². The monoisotopic (exact) mass is 440 g/mol. The molecule has 0 unspecified atom stereocenters. The Morgan fingerprint density at radius 2 is 1.81 bits per heavy atom. The summed E-state index contributed by atoms with van der Waals surface area (Å²) in [5.41, 5.74) is 3.06. The van der Waals surface area contributed by atoms with Gasteiger partial charge in [0.25, 0.3) is 0 Å². The van der Waals surface area contributed by atoms with Crippen LogP contribution in [-0.2, 0) is 22.6 Å². The second-order valence-corrected chi connectivity index (χ2v) is 8.27. The Morgan fingerprint density at radius 3 is 2.56 bits per heavy atom. The predicted octanol–water partition coefficient (Wildman–Crippen LogP) is 3.42. The van der Waals surface area contributed by atoms with E-state index in [9.17, 15) is 4.39 Å². The molecule has 32 heavy (non-hydrogen) atoms. The zero-order valence-electron chi connectivity index (χ0n) is 18.8. The molecule has 2 aromatic rings. The van der Waals surface area contributed by atoms with Gasteiger partial charge in [0.1, 0.15) is 5.82 Å². The first kappa shape index (κ1) is 22.6. The Hall–Kier alpha value is -2.64. The average Bonchev–Trinajstić information content (AvgIpc) is 2.85. The lowest BCUT2D eigenvalue weighted by atomic mass is 10.1. The van der Waals surface area contributed by atoms with Crippen LogP contribution in [0, 0.1) is 5.82 Å². The number of aliphatic imine (C=N–C) groups is 1. The van der Waals surface area contributed by atoms with Gasteiger partial charge in [0.2, 0.25) is 0 Å². The number of ether oxygens (including phenoxy) is 2. The lowest BCUT2D eigenvalue weighted by molar-refractivity contribution is -0.0390. The van der Waals surface area contributed by atoms with Crippen molar-refractivity contribution in [1.29, 1.82) is 0 Å². The van der Waals surface area contributed by atoms with Gasteiger partial charge in [-0.3, -0.25) is 4.99 Å². The van der Waals surface area contributed by atoms with Crippen LogP contribution in [0.15, 0.2) is 53.5 Å². The van der Waals surface area contributed by atoms with Crippen molar-refractivity contribution in [2.24, 2.45) is 4.99 Å². The summed E-state index contributed by atoms with van der Waals surface area (Å²) in [6.45, 7) is 6.04. The molecule has 4 rings (SSSR count). The van der Waals surface area contributed by atoms with Crippen LogP contribution in [-0.4, -0.2) is 63.4 Å². The number of halogens is 1. The number of nitrogens with one attached hydrogen (secondary N) is 1. The van der Waals surface area contributed by atoms with Crippen LogP contribution in [0.4, 0.5) is 10.1 Å². The lowest BCUT2D eigenvalue weighted by Crippen LogP contribution is -2.52. The SMILES string of the molecule is CN=C(NCc1cccc(COC2CCOCC2)c1)N1CCN(c2ccccc2F)CC1. The van der Waals surface area contributed by atoms with E-state index in [0.717, 1.165) is 58.2 Å². The van der Waals surface area contributed by atoms with Gasteiger partial charge in [0, 0.05) is 53.0 Å². The van der Waals surface area contributed by atoms with Gasteiger partial charge < -0.3 is 24.6 Å². The molecule has 2 saturated heterocycles. The van der Waals surface area contributed by atoms with Crippen molar-refractivity contribution < 1.29 is 13.9 Å². The second kappa shape index (κ2) is 11.3. The number of anilines is 1. The van der Waals surface area contributed by atoms with E-state index >= 15 is 0 Å². The third-order valence-corrected chi connectivity index (χ3v) is 6.08. The van der Waals surface area contributed by atoms with Crippen molar-refractivity contribution in [1.82, 2.24) is 10.2 Å². The molecule has 0 spiro atoms. The second-order valence-electron chi connectivity index (χ2n) is 8.27. The summed E-state index contributed by atoms with van der Waals surface area (Å²) in [5.74, 6) is 0.714. The van der Waals surface area contributed by atoms with E-state index in [2.05, 4.69) is 44.4 Å². The fourth-order valence-corrected chi connectivity index (χ4v) is 4.27. The Labute approximate surface area is 190 Å². The Bertz CT molecular complexity index is 893. The summed E-state index contributed by atoms with van der Waals surface area (Å²) in [6, 6.07) is 15.5. The standard InChI is InChI=1S/C25H33FN4O2/c1-27-25(30-13-11-29(12-14-30)24-8-3-2-7-23(24)26)28-18-20-5-4-6-21(17-20)19-32-22-9-15-31-16-10-22/h2-8,17,22H,9-16,18-19H2,1H3,(H,27,28). The van der Waals surface area contributed by atoms with Crippen LogP contribution in [0.1, 0.15) is 24.0 Å². The maximum atomic E-state index is 14.1. The Kier molecular flexibility index (Phi) is 7.96. The van der Waals surface area contributed by atoms with Crippen LogP contribution in [0.25, 0.3) is 0 Å². The lowest BCUT2D eigenvalue weighted by Gasteiger charge is -2.37. The molecular formula is C25H33FN4O2. The third-order valence-electron chi connectivity index (χ3n) is 6.08. The molecule has 0 bridgehead atoms. The minimum atomic E-state index is -0.163. The van der Waals surface area contributed by atoms with Gasteiger partial charge in [0.15, 0.2) is 5.96 Å². The molecule has 0 aliphatic carbocycles. The molecule has 0 radical (unpaired) electrons. The van der Waals surface area contributed by atoms with E-state index in [1.54, 1.807) is 6.07 Å². The highest BCUT2D eigenvalue weighted by molar-refractivity contribution is 5.80. The Balaban J connectivity index is 1.26. The molecule has 0 saturated carbocycles. The number of piperazine rings is 1. The number of hydrogen-bond donors (Lipinski definition) is 1. The molecule has 2 aliphatic heterocycles. The van der Waals surface area contributed by atoms with Crippen molar-refractivity contribution in [3.05, 3.63) is 65.5 Å². The number of guanidine groups is 1. The van der Waals surface area contributed by atoms with Gasteiger partial charge in [-0.15, -0.1) is 0 Å². The minimum absolute atomic E-state index is 0.163. The zero-order valence-corrected chi connectivity index (χ0v) is 18.8. The first-order valence-corrected chi connectivity index (χ1v) is 11.4. The van der Waals surface area contributed by atoms with Crippen molar-refractivity contribution in [2.45, 2.75) is 32.1 Å². The quantitative estimate of drug-likeness (QED) is 0.551. The fraction of sp³-hybridized carbons (Fsp3) is 0.480. The first-order chi connectivity index (χ1) is 15.7.